The summed E-state index contributed by atoms with van der Waals surface area (Å²) in [6, 6.07) is 14.2. The second-order valence-corrected chi connectivity index (χ2v) is 5.33. The molecule has 3 aromatic rings. The zero-order valence-corrected chi connectivity index (χ0v) is 12.9. The van der Waals surface area contributed by atoms with E-state index in [1.807, 2.05) is 24.3 Å². The highest BCUT2D eigenvalue weighted by atomic mass is 16.1. The number of para-hydroxylation sites is 1. The zero-order valence-electron chi connectivity index (χ0n) is 12.9. The first-order valence-corrected chi connectivity index (χ1v) is 7.73. The van der Waals surface area contributed by atoms with Crippen molar-refractivity contribution >= 4 is 22.9 Å². The number of pyridine rings is 1. The van der Waals surface area contributed by atoms with Crippen LogP contribution in [0.5, 0.6) is 0 Å². The molecule has 4 nitrogen and oxygen atoms in total. The molecule has 23 heavy (non-hydrogen) atoms. The first-order valence-electron chi connectivity index (χ1n) is 7.73. The number of hydrogen-bond acceptors (Lipinski definition) is 2. The van der Waals surface area contributed by atoms with Crippen LogP contribution in [-0.2, 0) is 11.3 Å². The van der Waals surface area contributed by atoms with E-state index in [4.69, 9.17) is 0 Å². The van der Waals surface area contributed by atoms with Crippen molar-refractivity contribution in [3.8, 4) is 0 Å². The molecule has 2 heterocycles. The van der Waals surface area contributed by atoms with Crippen LogP contribution in [0.15, 0.2) is 67.1 Å². The molecule has 0 aliphatic rings. The zero-order chi connectivity index (χ0) is 15.9. The molecule has 1 aromatic carbocycles. The highest BCUT2D eigenvalue weighted by Crippen LogP contribution is 2.15. The van der Waals surface area contributed by atoms with Crippen molar-refractivity contribution in [1.82, 2.24) is 14.9 Å². The molecule has 0 aliphatic carbocycles. The van der Waals surface area contributed by atoms with Crippen molar-refractivity contribution in [2.75, 3.05) is 6.54 Å². The topological polar surface area (TPSA) is 46.9 Å². The fraction of sp³-hybridized carbons (Fsp3) is 0.158. The van der Waals surface area contributed by atoms with Gasteiger partial charge in [0, 0.05) is 43.3 Å². The summed E-state index contributed by atoms with van der Waals surface area (Å²) in [5, 5.41) is 4.15. The third-order valence-corrected chi connectivity index (χ3v) is 3.67. The van der Waals surface area contributed by atoms with E-state index in [0.29, 0.717) is 6.54 Å². The smallest absolute Gasteiger partial charge is 0.244 e. The van der Waals surface area contributed by atoms with Crippen LogP contribution in [0.25, 0.3) is 17.0 Å². The Hall–Kier alpha value is -2.88. The molecule has 0 atom stereocenters. The minimum absolute atomic E-state index is 0.0776. The number of rotatable bonds is 6. The van der Waals surface area contributed by atoms with Crippen molar-refractivity contribution in [2.45, 2.75) is 13.0 Å². The third-order valence-electron chi connectivity index (χ3n) is 3.67. The van der Waals surface area contributed by atoms with Gasteiger partial charge in [-0.2, -0.15) is 0 Å². The number of nitrogens with zero attached hydrogens (tertiary/aromatic N) is 2. The monoisotopic (exact) mass is 305 g/mol. The number of benzene rings is 1. The fourth-order valence-electron chi connectivity index (χ4n) is 2.50. The van der Waals surface area contributed by atoms with Gasteiger partial charge in [-0.05, 0) is 41.6 Å². The van der Waals surface area contributed by atoms with E-state index in [1.54, 1.807) is 24.5 Å². The van der Waals surface area contributed by atoms with Crippen molar-refractivity contribution in [2.24, 2.45) is 0 Å². The van der Waals surface area contributed by atoms with E-state index in [9.17, 15) is 4.79 Å². The molecule has 2 aromatic heterocycles. The van der Waals surface area contributed by atoms with Crippen molar-refractivity contribution in [1.29, 1.82) is 0 Å². The first-order chi connectivity index (χ1) is 11.3. The fourth-order valence-corrected chi connectivity index (χ4v) is 2.50. The molecule has 0 fully saturated rings. The van der Waals surface area contributed by atoms with Crippen molar-refractivity contribution in [3.05, 3.63) is 72.7 Å². The number of hydrogen-bond donors (Lipinski definition) is 1. The number of aromatic nitrogens is 2. The molecule has 0 aliphatic heterocycles. The van der Waals surface area contributed by atoms with E-state index in [1.165, 1.54) is 10.9 Å². The standard InChI is InChI=1S/C19H19N3O/c23-19(9-8-16-5-3-11-20-15-16)21-12-4-13-22-14-10-17-6-1-2-7-18(17)22/h1-3,5-11,14-15H,4,12-13H2,(H,21,23)/b9-8+. The minimum Gasteiger partial charge on any atom is -0.352 e. The number of nitrogens with one attached hydrogen (secondary N) is 1. The maximum atomic E-state index is 11.8. The Morgan fingerprint density at radius 1 is 1.17 bits per heavy atom. The summed E-state index contributed by atoms with van der Waals surface area (Å²) in [6.45, 7) is 1.54. The van der Waals surface area contributed by atoms with Gasteiger partial charge in [0.15, 0.2) is 0 Å². The molecule has 1 N–H and O–H groups in total. The maximum Gasteiger partial charge on any atom is 0.244 e. The van der Waals surface area contributed by atoms with Crippen LogP contribution in [-0.4, -0.2) is 22.0 Å². The predicted octanol–water partition coefficient (Wildman–Crippen LogP) is 3.26. The SMILES string of the molecule is O=C(/C=C/c1cccnc1)NCCCn1ccc2ccccc21. The summed E-state index contributed by atoms with van der Waals surface area (Å²) < 4.78 is 2.22. The van der Waals surface area contributed by atoms with Crippen LogP contribution in [0.3, 0.4) is 0 Å². The van der Waals surface area contributed by atoms with E-state index in [2.05, 4.69) is 39.3 Å². The van der Waals surface area contributed by atoms with Crippen LogP contribution < -0.4 is 5.32 Å². The first kappa shape index (κ1) is 15.0. The molecule has 0 spiro atoms. The maximum absolute atomic E-state index is 11.8. The Bertz CT molecular complexity index is 806. The Morgan fingerprint density at radius 2 is 2.09 bits per heavy atom. The number of aryl methyl sites for hydroxylation is 1. The van der Waals surface area contributed by atoms with Crippen LogP contribution in [0.2, 0.25) is 0 Å². The van der Waals surface area contributed by atoms with Gasteiger partial charge < -0.3 is 9.88 Å². The number of amides is 1. The molecule has 116 valence electrons. The molecule has 0 saturated carbocycles. The molecular formula is C19H19N3O. The summed E-state index contributed by atoms with van der Waals surface area (Å²) in [5.74, 6) is -0.0776. The average Bonchev–Trinajstić information content (AvgIpc) is 3.01. The summed E-state index contributed by atoms with van der Waals surface area (Å²) in [7, 11) is 0. The lowest BCUT2D eigenvalue weighted by atomic mass is 10.2. The van der Waals surface area contributed by atoms with Crippen LogP contribution in [0, 0.1) is 0 Å². The molecular weight excluding hydrogens is 286 g/mol. The van der Waals surface area contributed by atoms with Gasteiger partial charge in [-0.25, -0.2) is 0 Å². The predicted molar refractivity (Wildman–Crippen MR) is 92.8 cm³/mol. The molecule has 4 heteroatoms. The second-order valence-electron chi connectivity index (χ2n) is 5.33. The molecule has 0 bridgehead atoms. The Kier molecular flexibility index (Phi) is 4.84. The van der Waals surface area contributed by atoms with Gasteiger partial charge in [0.2, 0.25) is 5.91 Å². The molecule has 3 rings (SSSR count). The van der Waals surface area contributed by atoms with E-state index in [0.717, 1.165) is 18.5 Å². The Morgan fingerprint density at radius 3 is 2.96 bits per heavy atom. The van der Waals surface area contributed by atoms with Gasteiger partial charge in [-0.3, -0.25) is 9.78 Å². The lowest BCUT2D eigenvalue weighted by molar-refractivity contribution is -0.116. The van der Waals surface area contributed by atoms with Crippen molar-refractivity contribution < 1.29 is 4.79 Å². The quantitative estimate of drug-likeness (QED) is 0.561. The van der Waals surface area contributed by atoms with Gasteiger partial charge in [0.1, 0.15) is 0 Å². The number of carbonyl (C=O) groups is 1. The summed E-state index contributed by atoms with van der Waals surface area (Å²) in [4.78, 5) is 15.8. The normalized spacial score (nSPS) is 11.1. The molecule has 0 unspecified atom stereocenters. The highest BCUT2D eigenvalue weighted by molar-refractivity contribution is 5.91. The van der Waals surface area contributed by atoms with Gasteiger partial charge in [0.25, 0.3) is 0 Å². The second kappa shape index (κ2) is 7.40. The van der Waals surface area contributed by atoms with Crippen LogP contribution >= 0.6 is 0 Å². The summed E-state index contributed by atoms with van der Waals surface area (Å²) in [6.07, 6.45) is 9.73. The van der Waals surface area contributed by atoms with Gasteiger partial charge in [-0.1, -0.05) is 24.3 Å². The lowest BCUT2D eigenvalue weighted by Gasteiger charge is -2.06. The third kappa shape index (κ3) is 4.07. The lowest BCUT2D eigenvalue weighted by Crippen LogP contribution is -2.23. The average molecular weight is 305 g/mol. The van der Waals surface area contributed by atoms with Crippen molar-refractivity contribution in [3.63, 3.8) is 0 Å². The number of carbonyl (C=O) groups excluding carboxylic acids is 1. The highest BCUT2D eigenvalue weighted by Gasteiger charge is 2.00. The number of fused-ring (bicyclic) bond motifs is 1. The minimum atomic E-state index is -0.0776. The summed E-state index contributed by atoms with van der Waals surface area (Å²) in [5.41, 5.74) is 2.15. The van der Waals surface area contributed by atoms with E-state index >= 15 is 0 Å². The largest absolute Gasteiger partial charge is 0.352 e. The van der Waals surface area contributed by atoms with Gasteiger partial charge >= 0.3 is 0 Å². The van der Waals surface area contributed by atoms with Crippen LogP contribution in [0.4, 0.5) is 0 Å². The van der Waals surface area contributed by atoms with Crippen LogP contribution in [0.1, 0.15) is 12.0 Å². The Labute approximate surface area is 135 Å². The Balaban J connectivity index is 1.44. The molecule has 0 radical (unpaired) electrons. The molecule has 0 saturated heterocycles. The molecule has 1 amide bonds. The van der Waals surface area contributed by atoms with Gasteiger partial charge in [-0.15, -0.1) is 0 Å². The van der Waals surface area contributed by atoms with E-state index < -0.39 is 0 Å². The van der Waals surface area contributed by atoms with E-state index in [-0.39, 0.29) is 5.91 Å². The van der Waals surface area contributed by atoms with Gasteiger partial charge in [0.05, 0.1) is 0 Å². The summed E-state index contributed by atoms with van der Waals surface area (Å²) >= 11 is 0.